The maximum Gasteiger partial charge on any atom is 0.251 e. The fourth-order valence-corrected chi connectivity index (χ4v) is 2.03. The highest BCUT2D eigenvalue weighted by Crippen LogP contribution is 2.21. The van der Waals surface area contributed by atoms with E-state index in [1.807, 2.05) is 38.1 Å². The fraction of sp³-hybridized carbons (Fsp3) is 0.533. The van der Waals surface area contributed by atoms with Crippen LogP contribution >= 0.6 is 0 Å². The molecule has 1 aromatic rings. The molecule has 1 N–H and O–H groups in total. The molecule has 0 aliphatic carbocycles. The van der Waals surface area contributed by atoms with Crippen LogP contribution in [0.2, 0.25) is 0 Å². The number of amides is 1. The lowest BCUT2D eigenvalue weighted by Crippen LogP contribution is -2.40. The number of nitrogens with one attached hydrogen (secondary N) is 1. The first-order valence-corrected chi connectivity index (χ1v) is 6.72. The van der Waals surface area contributed by atoms with Crippen molar-refractivity contribution in [3.8, 4) is 0 Å². The molecular weight excluding hydrogens is 242 g/mol. The van der Waals surface area contributed by atoms with Gasteiger partial charge >= 0.3 is 0 Å². The van der Waals surface area contributed by atoms with Gasteiger partial charge in [0.25, 0.3) is 5.91 Å². The van der Waals surface area contributed by atoms with Gasteiger partial charge in [-0.05, 0) is 32.4 Å². The summed E-state index contributed by atoms with van der Waals surface area (Å²) in [6, 6.07) is 7.53. The van der Waals surface area contributed by atoms with Crippen molar-refractivity contribution in [3.63, 3.8) is 0 Å². The van der Waals surface area contributed by atoms with Crippen molar-refractivity contribution >= 4 is 5.91 Å². The summed E-state index contributed by atoms with van der Waals surface area (Å²) in [5, 5.41) is 2.89. The van der Waals surface area contributed by atoms with E-state index in [2.05, 4.69) is 5.32 Å². The molecule has 104 valence electrons. The Morgan fingerprint density at radius 1 is 1.26 bits per heavy atom. The number of aryl methyl sites for hydroxylation is 1. The van der Waals surface area contributed by atoms with E-state index in [0.29, 0.717) is 18.5 Å². The second-order valence-electron chi connectivity index (χ2n) is 5.06. The van der Waals surface area contributed by atoms with Crippen LogP contribution in [0.1, 0.15) is 35.7 Å². The smallest absolute Gasteiger partial charge is 0.251 e. The molecule has 1 fully saturated rings. The van der Waals surface area contributed by atoms with Crippen LogP contribution in [0.5, 0.6) is 0 Å². The first-order valence-electron chi connectivity index (χ1n) is 6.72. The van der Waals surface area contributed by atoms with E-state index < -0.39 is 5.79 Å². The molecule has 1 amide bonds. The second kappa shape index (κ2) is 6.17. The highest BCUT2D eigenvalue weighted by molar-refractivity contribution is 5.94. The van der Waals surface area contributed by atoms with E-state index in [1.165, 1.54) is 0 Å². The third-order valence-corrected chi connectivity index (χ3v) is 3.28. The fourth-order valence-electron chi connectivity index (χ4n) is 2.03. The zero-order valence-corrected chi connectivity index (χ0v) is 11.6. The molecule has 0 unspecified atom stereocenters. The Labute approximate surface area is 114 Å². The molecule has 1 aliphatic rings. The molecule has 1 aromatic carbocycles. The van der Waals surface area contributed by atoms with Gasteiger partial charge in [0.2, 0.25) is 0 Å². The summed E-state index contributed by atoms with van der Waals surface area (Å²) in [5.41, 5.74) is 1.83. The van der Waals surface area contributed by atoms with E-state index in [4.69, 9.17) is 9.47 Å². The van der Waals surface area contributed by atoms with Gasteiger partial charge in [-0.25, -0.2) is 0 Å². The molecule has 0 atom stereocenters. The van der Waals surface area contributed by atoms with Crippen LogP contribution in [0.25, 0.3) is 0 Å². The summed E-state index contributed by atoms with van der Waals surface area (Å²) >= 11 is 0. The second-order valence-corrected chi connectivity index (χ2v) is 5.06. The topological polar surface area (TPSA) is 47.6 Å². The molecule has 1 aliphatic heterocycles. The van der Waals surface area contributed by atoms with Crippen LogP contribution in [0.4, 0.5) is 0 Å². The van der Waals surface area contributed by atoms with Crippen molar-refractivity contribution in [2.45, 2.75) is 32.5 Å². The summed E-state index contributed by atoms with van der Waals surface area (Å²) in [6.07, 6.45) is 1.59. The van der Waals surface area contributed by atoms with E-state index in [0.717, 1.165) is 25.2 Å². The van der Waals surface area contributed by atoms with Gasteiger partial charge in [-0.3, -0.25) is 4.79 Å². The van der Waals surface area contributed by atoms with Gasteiger partial charge in [0.1, 0.15) is 0 Å². The number of rotatable bonds is 4. The summed E-state index contributed by atoms with van der Waals surface area (Å²) in [7, 11) is 0. The lowest BCUT2D eigenvalue weighted by atomic mass is 10.1. The van der Waals surface area contributed by atoms with Crippen LogP contribution in [0, 0.1) is 6.92 Å². The average Bonchev–Trinajstić information content (AvgIpc) is 2.40. The number of benzene rings is 1. The molecule has 0 radical (unpaired) electrons. The normalized spacial score (nSPS) is 18.0. The third-order valence-electron chi connectivity index (χ3n) is 3.28. The third kappa shape index (κ3) is 4.04. The lowest BCUT2D eigenvalue weighted by Gasteiger charge is -2.33. The van der Waals surface area contributed by atoms with Gasteiger partial charge in [0, 0.05) is 18.5 Å². The van der Waals surface area contributed by atoms with Gasteiger partial charge in [0.05, 0.1) is 13.2 Å². The molecule has 1 heterocycles. The number of ether oxygens (including phenoxy) is 2. The largest absolute Gasteiger partial charge is 0.352 e. The van der Waals surface area contributed by atoms with Gasteiger partial charge in [-0.1, -0.05) is 17.7 Å². The molecule has 4 nitrogen and oxygen atoms in total. The molecule has 4 heteroatoms. The van der Waals surface area contributed by atoms with Crippen LogP contribution < -0.4 is 5.32 Å². The summed E-state index contributed by atoms with van der Waals surface area (Å²) in [6.45, 7) is 5.92. The predicted molar refractivity (Wildman–Crippen MR) is 73.1 cm³/mol. The van der Waals surface area contributed by atoms with Crippen LogP contribution in [-0.4, -0.2) is 31.5 Å². The van der Waals surface area contributed by atoms with E-state index in [1.54, 1.807) is 0 Å². The number of carbonyl (C=O) groups excluding carboxylic acids is 1. The lowest BCUT2D eigenvalue weighted by molar-refractivity contribution is -0.257. The van der Waals surface area contributed by atoms with Gasteiger partial charge in [-0.15, -0.1) is 0 Å². The highest BCUT2D eigenvalue weighted by Gasteiger charge is 2.28. The quantitative estimate of drug-likeness (QED) is 0.906. The molecule has 0 saturated carbocycles. The minimum atomic E-state index is -0.557. The van der Waals surface area contributed by atoms with Crippen LogP contribution in [0.15, 0.2) is 24.3 Å². The van der Waals surface area contributed by atoms with Crippen molar-refractivity contribution in [1.29, 1.82) is 0 Å². The summed E-state index contributed by atoms with van der Waals surface area (Å²) in [4.78, 5) is 11.9. The molecule has 0 spiro atoms. The van der Waals surface area contributed by atoms with E-state index >= 15 is 0 Å². The van der Waals surface area contributed by atoms with Crippen molar-refractivity contribution in [1.82, 2.24) is 5.32 Å². The van der Waals surface area contributed by atoms with Crippen molar-refractivity contribution in [2.24, 2.45) is 0 Å². The molecule has 19 heavy (non-hydrogen) atoms. The van der Waals surface area contributed by atoms with Crippen molar-refractivity contribution < 1.29 is 14.3 Å². The average molecular weight is 263 g/mol. The zero-order chi connectivity index (χ0) is 13.7. The van der Waals surface area contributed by atoms with Gasteiger partial charge in [-0.2, -0.15) is 0 Å². The SMILES string of the molecule is Cc1ccc(C(=O)NCCC2(C)OCCCO2)cc1. The Kier molecular flexibility index (Phi) is 4.56. The zero-order valence-electron chi connectivity index (χ0n) is 11.6. The maximum atomic E-state index is 11.9. The molecule has 2 rings (SSSR count). The number of carbonyl (C=O) groups is 1. The Morgan fingerprint density at radius 3 is 2.53 bits per heavy atom. The number of hydrogen-bond acceptors (Lipinski definition) is 3. The summed E-state index contributed by atoms with van der Waals surface area (Å²) < 4.78 is 11.2. The first kappa shape index (κ1) is 14.0. The molecule has 1 saturated heterocycles. The van der Waals surface area contributed by atoms with E-state index in [-0.39, 0.29) is 5.91 Å². The Bertz CT molecular complexity index is 422. The van der Waals surface area contributed by atoms with Crippen LogP contribution in [0.3, 0.4) is 0 Å². The van der Waals surface area contributed by atoms with E-state index in [9.17, 15) is 4.79 Å². The van der Waals surface area contributed by atoms with Gasteiger partial charge in [0.15, 0.2) is 5.79 Å². The number of hydrogen-bond donors (Lipinski definition) is 1. The van der Waals surface area contributed by atoms with Gasteiger partial charge < -0.3 is 14.8 Å². The Hall–Kier alpha value is -1.39. The Morgan fingerprint density at radius 2 is 1.89 bits per heavy atom. The minimum absolute atomic E-state index is 0.0561. The predicted octanol–water partition coefficient (Wildman–Crippen LogP) is 2.27. The molecule has 0 aromatic heterocycles. The maximum absolute atomic E-state index is 11.9. The monoisotopic (exact) mass is 263 g/mol. The summed E-state index contributed by atoms with van der Waals surface area (Å²) in [5.74, 6) is -0.613. The minimum Gasteiger partial charge on any atom is -0.352 e. The standard InChI is InChI=1S/C15H21NO3/c1-12-4-6-13(7-5-12)14(17)16-9-8-15(2)18-10-3-11-19-15/h4-7H,3,8-11H2,1-2H3,(H,16,17). The Balaban J connectivity index is 1.79. The first-order chi connectivity index (χ1) is 9.09. The van der Waals surface area contributed by atoms with Crippen molar-refractivity contribution in [3.05, 3.63) is 35.4 Å². The highest BCUT2D eigenvalue weighted by atomic mass is 16.7. The molecular formula is C15H21NO3. The van der Waals surface area contributed by atoms with Crippen molar-refractivity contribution in [2.75, 3.05) is 19.8 Å². The van der Waals surface area contributed by atoms with Crippen LogP contribution in [-0.2, 0) is 9.47 Å². The molecule has 0 bridgehead atoms.